The first kappa shape index (κ1) is 19.4. The second kappa shape index (κ2) is 12.8. The maximum atomic E-state index is 8.86. The Morgan fingerprint density at radius 1 is 0.913 bits per heavy atom. The van der Waals surface area contributed by atoms with Crippen molar-refractivity contribution in [1.29, 1.82) is 0 Å². The minimum atomic E-state index is -0.269. The minimum absolute atomic E-state index is 0.269. The Kier molecular flexibility index (Phi) is 10.8. The summed E-state index contributed by atoms with van der Waals surface area (Å²) in [5.74, 6) is 0. The molecule has 0 saturated carbocycles. The van der Waals surface area contributed by atoms with Gasteiger partial charge in [0.15, 0.2) is 0 Å². The zero-order valence-corrected chi connectivity index (χ0v) is 14.1. The molecule has 2 aromatic carbocycles. The molecule has 23 heavy (non-hydrogen) atoms. The summed E-state index contributed by atoms with van der Waals surface area (Å²) in [4.78, 5) is 0. The van der Waals surface area contributed by atoms with E-state index in [4.69, 9.17) is 10.8 Å². The van der Waals surface area contributed by atoms with Gasteiger partial charge in [-0.05, 0) is 17.5 Å². The van der Waals surface area contributed by atoms with Gasteiger partial charge in [-0.15, -0.1) is 0 Å². The fraction of sp³-hybridized carbons (Fsp3) is 0.400. The van der Waals surface area contributed by atoms with Crippen molar-refractivity contribution in [3.05, 3.63) is 71.8 Å². The molecule has 0 aliphatic rings. The Balaban J connectivity index is 0.000000284. The van der Waals surface area contributed by atoms with Crippen LogP contribution in [-0.2, 0) is 13.1 Å². The number of hydrogen-bond donors (Lipinski definition) is 3. The molecular formula is C20H30N2O. The van der Waals surface area contributed by atoms with Crippen LogP contribution in [0.15, 0.2) is 60.7 Å². The van der Waals surface area contributed by atoms with Crippen molar-refractivity contribution in [2.24, 2.45) is 5.73 Å². The number of rotatable bonds is 8. The van der Waals surface area contributed by atoms with Crippen LogP contribution in [0.5, 0.6) is 0 Å². The summed E-state index contributed by atoms with van der Waals surface area (Å²) >= 11 is 0. The molecule has 3 nitrogen and oxygen atoms in total. The second-order valence-electron chi connectivity index (χ2n) is 5.61. The molecular weight excluding hydrogens is 284 g/mol. The van der Waals surface area contributed by atoms with E-state index in [2.05, 4.69) is 60.8 Å². The van der Waals surface area contributed by atoms with Gasteiger partial charge in [0.1, 0.15) is 0 Å². The number of nitrogens with one attached hydrogen (secondary N) is 1. The molecule has 0 aliphatic carbocycles. The molecule has 0 radical (unpaired) electrons. The summed E-state index contributed by atoms with van der Waals surface area (Å²) in [6.45, 7) is 4.36. The number of benzene rings is 2. The third kappa shape index (κ3) is 9.84. The van der Waals surface area contributed by atoms with Crippen LogP contribution >= 0.6 is 0 Å². The fourth-order valence-electron chi connectivity index (χ4n) is 2.10. The van der Waals surface area contributed by atoms with Gasteiger partial charge in [0, 0.05) is 19.6 Å². The van der Waals surface area contributed by atoms with Crippen molar-refractivity contribution in [2.75, 3.05) is 6.54 Å². The number of hydrogen-bond acceptors (Lipinski definition) is 3. The molecule has 0 saturated heterocycles. The summed E-state index contributed by atoms with van der Waals surface area (Å²) in [5.41, 5.74) is 7.82. The number of aliphatic hydroxyl groups excluding tert-OH is 1. The van der Waals surface area contributed by atoms with E-state index in [0.717, 1.165) is 32.4 Å². The van der Waals surface area contributed by atoms with E-state index in [1.807, 2.05) is 12.1 Å². The molecule has 1 unspecified atom stereocenters. The Labute approximate surface area is 140 Å². The zero-order chi connectivity index (χ0) is 16.8. The predicted octanol–water partition coefficient (Wildman–Crippen LogP) is 3.47. The Morgan fingerprint density at radius 3 is 1.78 bits per heavy atom. The van der Waals surface area contributed by atoms with Gasteiger partial charge in [0.25, 0.3) is 0 Å². The molecule has 4 N–H and O–H groups in total. The second-order valence-corrected chi connectivity index (χ2v) is 5.61. The maximum absolute atomic E-state index is 8.86. The number of nitrogens with two attached hydrogens (primary N) is 1. The summed E-state index contributed by atoms with van der Waals surface area (Å²) in [6.07, 6.45) is 2.80. The lowest BCUT2D eigenvalue weighted by Crippen LogP contribution is -2.18. The van der Waals surface area contributed by atoms with E-state index in [9.17, 15) is 0 Å². The van der Waals surface area contributed by atoms with Gasteiger partial charge in [-0.3, -0.25) is 0 Å². The molecule has 2 aromatic rings. The van der Waals surface area contributed by atoms with E-state index < -0.39 is 0 Å². The standard InChI is InChI=1S/C14H15N.C6H15NO/c1-3-7-13(8-4-1)11-15-12-14-9-5-2-6-10-14;1-2-3-4-6(8)5-7/h1-10,15H,11-12H2;6,8H,2-5,7H2,1H3. The van der Waals surface area contributed by atoms with Crippen LogP contribution in [0.1, 0.15) is 37.3 Å². The van der Waals surface area contributed by atoms with E-state index in [1.165, 1.54) is 11.1 Å². The lowest BCUT2D eigenvalue weighted by atomic mass is 10.2. The molecule has 2 rings (SSSR count). The highest BCUT2D eigenvalue weighted by Crippen LogP contribution is 2.00. The van der Waals surface area contributed by atoms with Crippen molar-refractivity contribution in [3.63, 3.8) is 0 Å². The smallest absolute Gasteiger partial charge is 0.0662 e. The zero-order valence-electron chi connectivity index (χ0n) is 14.1. The predicted molar refractivity (Wildman–Crippen MR) is 98.0 cm³/mol. The third-order valence-electron chi connectivity index (χ3n) is 3.51. The van der Waals surface area contributed by atoms with Gasteiger partial charge in [-0.25, -0.2) is 0 Å². The average molecular weight is 314 g/mol. The molecule has 0 spiro atoms. The van der Waals surface area contributed by atoms with Gasteiger partial charge < -0.3 is 16.2 Å². The van der Waals surface area contributed by atoms with Crippen LogP contribution in [0, 0.1) is 0 Å². The monoisotopic (exact) mass is 314 g/mol. The van der Waals surface area contributed by atoms with Crippen molar-refractivity contribution in [1.82, 2.24) is 5.32 Å². The summed E-state index contributed by atoms with van der Waals surface area (Å²) in [6, 6.07) is 20.9. The first-order chi connectivity index (χ1) is 11.3. The molecule has 0 aliphatic heterocycles. The van der Waals surface area contributed by atoms with Crippen LogP contribution in [0.25, 0.3) is 0 Å². The van der Waals surface area contributed by atoms with Crippen LogP contribution in [0.4, 0.5) is 0 Å². The van der Waals surface area contributed by atoms with Crippen molar-refractivity contribution in [3.8, 4) is 0 Å². The lowest BCUT2D eigenvalue weighted by Gasteiger charge is -2.04. The first-order valence-electron chi connectivity index (χ1n) is 8.43. The number of aliphatic hydroxyl groups is 1. The SMILES string of the molecule is CCCCC(O)CN.c1ccc(CNCc2ccccc2)cc1. The Bertz CT molecular complexity index is 448. The van der Waals surface area contributed by atoms with E-state index in [1.54, 1.807) is 0 Å². The molecule has 0 heterocycles. The quantitative estimate of drug-likeness (QED) is 0.699. The van der Waals surface area contributed by atoms with E-state index in [0.29, 0.717) is 6.54 Å². The molecule has 3 heteroatoms. The average Bonchev–Trinajstić information content (AvgIpc) is 2.62. The topological polar surface area (TPSA) is 58.3 Å². The van der Waals surface area contributed by atoms with E-state index in [-0.39, 0.29) is 6.10 Å². The van der Waals surface area contributed by atoms with Crippen LogP contribution in [0.3, 0.4) is 0 Å². The molecule has 0 aromatic heterocycles. The maximum Gasteiger partial charge on any atom is 0.0662 e. The molecule has 1 atom stereocenters. The van der Waals surface area contributed by atoms with Gasteiger partial charge in [-0.1, -0.05) is 80.4 Å². The lowest BCUT2D eigenvalue weighted by molar-refractivity contribution is 0.169. The Morgan fingerprint density at radius 2 is 1.39 bits per heavy atom. The fourth-order valence-corrected chi connectivity index (χ4v) is 2.10. The summed E-state index contributed by atoms with van der Waals surface area (Å²) in [5, 5.41) is 12.3. The van der Waals surface area contributed by atoms with Gasteiger partial charge >= 0.3 is 0 Å². The van der Waals surface area contributed by atoms with Crippen molar-refractivity contribution < 1.29 is 5.11 Å². The Hall–Kier alpha value is -1.68. The molecule has 126 valence electrons. The van der Waals surface area contributed by atoms with Crippen LogP contribution < -0.4 is 11.1 Å². The van der Waals surface area contributed by atoms with E-state index >= 15 is 0 Å². The molecule has 0 fully saturated rings. The highest BCUT2D eigenvalue weighted by molar-refractivity contribution is 5.16. The first-order valence-corrected chi connectivity index (χ1v) is 8.43. The van der Waals surface area contributed by atoms with Crippen LogP contribution in [-0.4, -0.2) is 17.8 Å². The normalized spacial score (nSPS) is 11.4. The van der Waals surface area contributed by atoms with Crippen LogP contribution in [0.2, 0.25) is 0 Å². The minimum Gasteiger partial charge on any atom is -0.392 e. The van der Waals surface area contributed by atoms with Gasteiger partial charge in [0.2, 0.25) is 0 Å². The van der Waals surface area contributed by atoms with Gasteiger partial charge in [-0.2, -0.15) is 0 Å². The summed E-state index contributed by atoms with van der Waals surface area (Å²) in [7, 11) is 0. The molecule has 0 amide bonds. The van der Waals surface area contributed by atoms with Gasteiger partial charge in [0.05, 0.1) is 6.10 Å². The number of unbranched alkanes of at least 4 members (excludes halogenated alkanes) is 1. The summed E-state index contributed by atoms with van der Waals surface area (Å²) < 4.78 is 0. The highest BCUT2D eigenvalue weighted by atomic mass is 16.3. The highest BCUT2D eigenvalue weighted by Gasteiger charge is 1.96. The largest absolute Gasteiger partial charge is 0.392 e. The third-order valence-corrected chi connectivity index (χ3v) is 3.51. The van der Waals surface area contributed by atoms with Crippen molar-refractivity contribution >= 4 is 0 Å². The molecule has 0 bridgehead atoms. The van der Waals surface area contributed by atoms with Crippen molar-refractivity contribution in [2.45, 2.75) is 45.4 Å².